The number of halogens is 1. The van der Waals surface area contributed by atoms with Gasteiger partial charge in [-0.05, 0) is 83.5 Å². The van der Waals surface area contributed by atoms with Crippen molar-refractivity contribution in [2.75, 3.05) is 6.54 Å². The van der Waals surface area contributed by atoms with Gasteiger partial charge in [0.25, 0.3) is 0 Å². The highest BCUT2D eigenvalue weighted by Gasteiger charge is 2.21. The van der Waals surface area contributed by atoms with E-state index in [1.165, 1.54) is 11.1 Å². The van der Waals surface area contributed by atoms with E-state index in [1.54, 1.807) is 36.4 Å². The highest BCUT2D eigenvalue weighted by molar-refractivity contribution is 6.30. The minimum atomic E-state index is -1.03. The van der Waals surface area contributed by atoms with Crippen LogP contribution >= 0.6 is 11.6 Å². The van der Waals surface area contributed by atoms with E-state index >= 15 is 0 Å². The van der Waals surface area contributed by atoms with Gasteiger partial charge in [-0.15, -0.1) is 0 Å². The Morgan fingerprint density at radius 3 is 2.51 bits per heavy atom. The number of nitrogens with one attached hydrogen (secondary N) is 1. The van der Waals surface area contributed by atoms with Crippen molar-refractivity contribution in [1.82, 2.24) is 5.32 Å². The van der Waals surface area contributed by atoms with Crippen LogP contribution in [0.2, 0.25) is 5.02 Å². The topological polar surface area (TPSA) is 78.8 Å². The van der Waals surface area contributed by atoms with E-state index in [1.807, 2.05) is 36.4 Å². The largest absolute Gasteiger partial charge is 0.478 e. The molecule has 0 fully saturated rings. The number of rotatable bonds is 8. The summed E-state index contributed by atoms with van der Waals surface area (Å²) in [5.74, 6) is -0.137. The Balaban J connectivity index is 1.32. The maximum atomic E-state index is 11.8. The molecule has 0 saturated carbocycles. The van der Waals surface area contributed by atoms with Crippen LogP contribution in [-0.4, -0.2) is 28.8 Å². The molecule has 0 radical (unpaired) electrons. The van der Waals surface area contributed by atoms with E-state index in [4.69, 9.17) is 16.3 Å². The molecule has 0 spiro atoms. The van der Waals surface area contributed by atoms with Crippen molar-refractivity contribution in [3.63, 3.8) is 0 Å². The lowest BCUT2D eigenvalue weighted by molar-refractivity contribution is 0.0694. The molecule has 1 aliphatic rings. The molecule has 0 saturated heterocycles. The molecule has 0 heterocycles. The summed E-state index contributed by atoms with van der Waals surface area (Å²) in [4.78, 5) is 11.8. The van der Waals surface area contributed by atoms with Crippen LogP contribution in [0, 0.1) is 0 Å². The summed E-state index contributed by atoms with van der Waals surface area (Å²) >= 11 is 6.07. The van der Waals surface area contributed by atoms with Gasteiger partial charge in [0.1, 0.15) is 17.1 Å². The van der Waals surface area contributed by atoms with Gasteiger partial charge in [0.05, 0.1) is 6.10 Å². The lowest BCUT2D eigenvalue weighted by atomic mass is 9.86. The van der Waals surface area contributed by atoms with Gasteiger partial charge < -0.3 is 20.3 Å². The Morgan fingerprint density at radius 1 is 0.946 bits per heavy atom. The zero-order valence-corrected chi connectivity index (χ0v) is 21.0. The molecule has 4 aromatic carbocycles. The summed E-state index contributed by atoms with van der Waals surface area (Å²) in [6, 6.07) is 28.4. The Bertz CT molecular complexity index is 1410. The van der Waals surface area contributed by atoms with E-state index in [9.17, 15) is 15.0 Å². The first kappa shape index (κ1) is 25.0. The van der Waals surface area contributed by atoms with E-state index in [-0.39, 0.29) is 11.6 Å². The number of fused-ring (bicyclic) bond motifs is 1. The van der Waals surface area contributed by atoms with Gasteiger partial charge >= 0.3 is 5.97 Å². The smallest absolute Gasteiger partial charge is 0.339 e. The fourth-order valence-electron chi connectivity index (χ4n) is 4.80. The van der Waals surface area contributed by atoms with E-state index in [2.05, 4.69) is 23.5 Å². The summed E-state index contributed by atoms with van der Waals surface area (Å²) in [7, 11) is 0. The number of aryl methyl sites for hydroxylation is 1. The van der Waals surface area contributed by atoms with E-state index in [0.717, 1.165) is 36.0 Å². The molecule has 3 N–H and O–H groups in total. The molecule has 0 unspecified atom stereocenters. The zero-order valence-electron chi connectivity index (χ0n) is 20.2. The summed E-state index contributed by atoms with van der Waals surface area (Å²) in [6.07, 6.45) is 2.19. The maximum Gasteiger partial charge on any atom is 0.339 e. The Hall–Kier alpha value is -3.64. The van der Waals surface area contributed by atoms with Crippen molar-refractivity contribution in [3.8, 4) is 22.6 Å². The molecule has 5 rings (SSSR count). The number of carbonyl (C=O) groups is 1. The summed E-state index contributed by atoms with van der Waals surface area (Å²) < 4.78 is 5.94. The van der Waals surface area contributed by atoms with Crippen LogP contribution in [-0.2, 0) is 12.8 Å². The summed E-state index contributed by atoms with van der Waals surface area (Å²) in [5.41, 5.74) is 5.40. The number of aliphatic hydroxyl groups is 1. The average Bonchev–Trinajstić information content (AvgIpc) is 2.91. The fourth-order valence-corrected chi connectivity index (χ4v) is 5.00. The molecule has 0 aliphatic heterocycles. The molecule has 1 aliphatic carbocycles. The van der Waals surface area contributed by atoms with E-state index < -0.39 is 12.1 Å². The lowest BCUT2D eigenvalue weighted by Gasteiger charge is -2.27. The van der Waals surface area contributed by atoms with Crippen molar-refractivity contribution < 1.29 is 19.7 Å². The predicted molar refractivity (Wildman–Crippen MR) is 146 cm³/mol. The van der Waals surface area contributed by atoms with Crippen LogP contribution in [0.4, 0.5) is 0 Å². The Labute approximate surface area is 221 Å². The van der Waals surface area contributed by atoms with Gasteiger partial charge in [0.15, 0.2) is 0 Å². The first-order valence-corrected chi connectivity index (χ1v) is 12.7. The molecular formula is C31H28ClNO4. The van der Waals surface area contributed by atoms with Gasteiger partial charge in [0, 0.05) is 17.6 Å². The number of hydrogen-bond donors (Lipinski definition) is 3. The Morgan fingerprint density at radius 2 is 1.73 bits per heavy atom. The normalized spacial score (nSPS) is 15.6. The van der Waals surface area contributed by atoms with Crippen molar-refractivity contribution in [2.24, 2.45) is 0 Å². The maximum absolute atomic E-state index is 11.8. The molecule has 0 aromatic heterocycles. The second kappa shape index (κ2) is 11.2. The van der Waals surface area contributed by atoms with Crippen LogP contribution in [0.3, 0.4) is 0 Å². The van der Waals surface area contributed by atoms with Crippen molar-refractivity contribution in [1.29, 1.82) is 0 Å². The predicted octanol–water partition coefficient (Wildman–Crippen LogP) is 6.68. The second-order valence-electron chi connectivity index (χ2n) is 9.33. The second-order valence-corrected chi connectivity index (χ2v) is 9.77. The van der Waals surface area contributed by atoms with Gasteiger partial charge in [-0.25, -0.2) is 4.79 Å². The molecule has 0 amide bonds. The number of para-hydroxylation sites is 1. The van der Waals surface area contributed by atoms with Crippen molar-refractivity contribution >= 4 is 17.6 Å². The molecule has 6 heteroatoms. The summed E-state index contributed by atoms with van der Waals surface area (Å²) in [5, 5.41) is 24.4. The molecule has 37 heavy (non-hydrogen) atoms. The minimum absolute atomic E-state index is 0.119. The van der Waals surface area contributed by atoms with Crippen molar-refractivity contribution in [3.05, 3.63) is 118 Å². The van der Waals surface area contributed by atoms with E-state index in [0.29, 0.717) is 23.1 Å². The van der Waals surface area contributed by atoms with Gasteiger partial charge in [0.2, 0.25) is 0 Å². The molecule has 2 atom stereocenters. The summed E-state index contributed by atoms with van der Waals surface area (Å²) in [6.45, 7) is 0.455. The SMILES string of the molecule is O=C(O)c1ccc(-c2ccc3c(c2)C[C@@H](NC[C@H](O)c2cccc(Cl)c2)CC3)cc1Oc1ccccc1. The van der Waals surface area contributed by atoms with Crippen LogP contribution in [0.25, 0.3) is 11.1 Å². The Kier molecular flexibility index (Phi) is 7.56. The van der Waals surface area contributed by atoms with Gasteiger partial charge in [-0.3, -0.25) is 0 Å². The number of aliphatic hydroxyl groups excluding tert-OH is 1. The highest BCUT2D eigenvalue weighted by Crippen LogP contribution is 2.33. The van der Waals surface area contributed by atoms with Crippen LogP contribution in [0.1, 0.15) is 39.6 Å². The molecular weight excluding hydrogens is 486 g/mol. The monoisotopic (exact) mass is 513 g/mol. The number of hydrogen-bond acceptors (Lipinski definition) is 4. The molecule has 188 valence electrons. The lowest BCUT2D eigenvalue weighted by Crippen LogP contribution is -2.37. The van der Waals surface area contributed by atoms with Gasteiger partial charge in [-0.2, -0.15) is 0 Å². The first-order chi connectivity index (χ1) is 18.0. The number of ether oxygens (including phenoxy) is 1. The first-order valence-electron chi connectivity index (χ1n) is 12.4. The standard InChI is InChI=1S/C31H28ClNO4/c32-25-6-4-5-23(16-25)29(34)19-33-26-13-11-20-9-10-21(15-24(20)17-26)22-12-14-28(31(35)36)30(18-22)37-27-7-2-1-3-8-27/h1-10,12,14-16,18,26,29,33-34H,11,13,17,19H2,(H,35,36)/t26-,29-/m0/s1. The quantitative estimate of drug-likeness (QED) is 0.245. The highest BCUT2D eigenvalue weighted by atomic mass is 35.5. The van der Waals surface area contributed by atoms with Crippen molar-refractivity contribution in [2.45, 2.75) is 31.4 Å². The third kappa shape index (κ3) is 6.03. The zero-order chi connectivity index (χ0) is 25.8. The number of benzene rings is 4. The number of carboxylic acids is 1. The third-order valence-electron chi connectivity index (χ3n) is 6.78. The molecule has 5 nitrogen and oxygen atoms in total. The van der Waals surface area contributed by atoms with Crippen LogP contribution in [0.5, 0.6) is 11.5 Å². The average molecular weight is 514 g/mol. The van der Waals surface area contributed by atoms with Gasteiger partial charge in [-0.1, -0.05) is 66.2 Å². The third-order valence-corrected chi connectivity index (χ3v) is 7.02. The number of carboxylic acid groups (broad SMARTS) is 1. The van der Waals surface area contributed by atoms with Crippen LogP contribution in [0.15, 0.2) is 91.0 Å². The number of aromatic carboxylic acids is 1. The van der Waals surface area contributed by atoms with Crippen LogP contribution < -0.4 is 10.1 Å². The fraction of sp³-hybridized carbons (Fsp3) is 0.194. The molecule has 4 aromatic rings. The molecule has 0 bridgehead atoms. The minimum Gasteiger partial charge on any atom is -0.478 e.